The third-order valence-electron chi connectivity index (χ3n) is 1.95. The van der Waals surface area contributed by atoms with Gasteiger partial charge in [-0.25, -0.2) is 8.42 Å². The van der Waals surface area contributed by atoms with Gasteiger partial charge >= 0.3 is 0 Å². The van der Waals surface area contributed by atoms with Gasteiger partial charge in [-0.05, 0) is 12.8 Å². The van der Waals surface area contributed by atoms with E-state index in [4.69, 9.17) is 5.73 Å². The van der Waals surface area contributed by atoms with Crippen LogP contribution < -0.4 is 5.73 Å². The first kappa shape index (κ1) is 14.4. The van der Waals surface area contributed by atoms with E-state index in [-0.39, 0.29) is 12.3 Å². The Hall–Kier alpha value is -0.620. The first-order valence-corrected chi connectivity index (χ1v) is 6.81. The van der Waals surface area contributed by atoms with Crippen molar-refractivity contribution in [1.29, 1.82) is 0 Å². The number of carbonyl (C=O) groups is 1. The lowest BCUT2D eigenvalue weighted by atomic mass is 10.3. The number of nitrogens with zero attached hydrogens (tertiary/aromatic N) is 1. The van der Waals surface area contributed by atoms with Gasteiger partial charge in [0.2, 0.25) is 15.9 Å². The second-order valence-electron chi connectivity index (χ2n) is 3.47. The number of amides is 1. The maximum Gasteiger partial charge on any atom is 0.232 e. The molecule has 0 saturated heterocycles. The van der Waals surface area contributed by atoms with Crippen LogP contribution in [0.15, 0.2) is 0 Å². The molecular weight excluding hydrogens is 216 g/mol. The van der Waals surface area contributed by atoms with E-state index in [1.54, 1.807) is 6.92 Å². The summed E-state index contributed by atoms with van der Waals surface area (Å²) in [6.45, 7) is 3.93. The van der Waals surface area contributed by atoms with Gasteiger partial charge in [0.05, 0.1) is 12.3 Å². The number of hydrogen-bond donors (Lipinski definition) is 1. The highest BCUT2D eigenvalue weighted by Gasteiger charge is 2.21. The van der Waals surface area contributed by atoms with Gasteiger partial charge < -0.3 is 5.73 Å². The summed E-state index contributed by atoms with van der Waals surface area (Å²) in [6, 6.07) is 0. The van der Waals surface area contributed by atoms with Crippen molar-refractivity contribution in [2.24, 2.45) is 5.73 Å². The highest BCUT2D eigenvalue weighted by molar-refractivity contribution is 7.89. The van der Waals surface area contributed by atoms with Gasteiger partial charge in [-0.2, -0.15) is 4.31 Å². The Labute approximate surface area is 91.7 Å². The van der Waals surface area contributed by atoms with Crippen LogP contribution in [-0.4, -0.2) is 37.5 Å². The summed E-state index contributed by atoms with van der Waals surface area (Å²) in [4.78, 5) is 10.7. The number of primary amides is 1. The monoisotopic (exact) mass is 236 g/mol. The number of sulfonamides is 1. The van der Waals surface area contributed by atoms with E-state index >= 15 is 0 Å². The van der Waals surface area contributed by atoms with E-state index in [0.29, 0.717) is 13.0 Å². The first-order valence-electron chi connectivity index (χ1n) is 5.20. The van der Waals surface area contributed by atoms with Crippen LogP contribution in [0.1, 0.15) is 33.1 Å². The van der Waals surface area contributed by atoms with Gasteiger partial charge in [-0.1, -0.05) is 20.3 Å². The van der Waals surface area contributed by atoms with Crippen LogP contribution in [0.3, 0.4) is 0 Å². The number of unbranched alkanes of at least 4 members (excludes halogenated alkanes) is 1. The number of nitrogens with two attached hydrogens (primary N) is 1. The Kier molecular flexibility index (Phi) is 6.51. The lowest BCUT2D eigenvalue weighted by molar-refractivity contribution is -0.118. The van der Waals surface area contributed by atoms with Crippen molar-refractivity contribution in [3.05, 3.63) is 0 Å². The van der Waals surface area contributed by atoms with E-state index in [1.165, 1.54) is 4.31 Å². The maximum absolute atomic E-state index is 11.7. The Balaban J connectivity index is 4.53. The molecule has 0 unspecified atom stereocenters. The molecule has 0 aliphatic rings. The first-order chi connectivity index (χ1) is 6.94. The van der Waals surface area contributed by atoms with Crippen LogP contribution in [0.4, 0.5) is 0 Å². The third kappa shape index (κ3) is 5.74. The zero-order chi connectivity index (χ0) is 11.9. The topological polar surface area (TPSA) is 80.5 Å². The average molecular weight is 236 g/mol. The molecule has 2 N–H and O–H groups in total. The molecule has 0 atom stereocenters. The smallest absolute Gasteiger partial charge is 0.232 e. The molecule has 0 radical (unpaired) electrons. The summed E-state index contributed by atoms with van der Waals surface area (Å²) >= 11 is 0. The summed E-state index contributed by atoms with van der Waals surface area (Å²) in [5.74, 6) is -0.532. The lowest BCUT2D eigenvalue weighted by Crippen LogP contribution is -2.40. The molecule has 0 aromatic carbocycles. The fourth-order valence-electron chi connectivity index (χ4n) is 1.21. The van der Waals surface area contributed by atoms with Crippen molar-refractivity contribution in [1.82, 2.24) is 4.31 Å². The SMILES string of the molecule is CCCCN(CC(N)=O)S(=O)(=O)CCC. The van der Waals surface area contributed by atoms with Crippen molar-refractivity contribution < 1.29 is 13.2 Å². The predicted octanol–water partition coefficient (Wildman–Crippen LogP) is 0.314. The summed E-state index contributed by atoms with van der Waals surface area (Å²) in [6.07, 6.45) is 2.18. The van der Waals surface area contributed by atoms with Crippen molar-refractivity contribution >= 4 is 15.9 Å². The minimum atomic E-state index is -3.31. The Morgan fingerprint density at radius 1 is 1.27 bits per heavy atom. The zero-order valence-electron chi connectivity index (χ0n) is 9.40. The Morgan fingerprint density at radius 3 is 2.27 bits per heavy atom. The fraction of sp³-hybridized carbons (Fsp3) is 0.889. The molecule has 0 aromatic heterocycles. The van der Waals surface area contributed by atoms with Crippen molar-refractivity contribution in [3.8, 4) is 0 Å². The minimum absolute atomic E-state index is 0.0734. The third-order valence-corrected chi connectivity index (χ3v) is 3.97. The Bertz CT molecular complexity index is 288. The van der Waals surface area contributed by atoms with Crippen molar-refractivity contribution in [3.63, 3.8) is 0 Å². The van der Waals surface area contributed by atoms with Gasteiger partial charge in [0.15, 0.2) is 0 Å². The zero-order valence-corrected chi connectivity index (χ0v) is 10.2. The molecule has 0 aliphatic carbocycles. The van der Waals surface area contributed by atoms with Crippen LogP contribution in [0.25, 0.3) is 0 Å². The summed E-state index contributed by atoms with van der Waals surface area (Å²) in [5, 5.41) is 0. The Morgan fingerprint density at radius 2 is 1.87 bits per heavy atom. The van der Waals surface area contributed by atoms with Gasteiger partial charge in [0.25, 0.3) is 0 Å². The molecule has 0 aliphatic heterocycles. The second kappa shape index (κ2) is 6.79. The summed E-state index contributed by atoms with van der Waals surface area (Å²) in [7, 11) is -3.31. The maximum atomic E-state index is 11.7. The average Bonchev–Trinajstić information content (AvgIpc) is 2.11. The van der Waals surface area contributed by atoms with E-state index in [9.17, 15) is 13.2 Å². The van der Waals surface area contributed by atoms with Crippen molar-refractivity contribution in [2.75, 3.05) is 18.8 Å². The molecule has 6 heteroatoms. The summed E-state index contributed by atoms with van der Waals surface area (Å²) in [5.41, 5.74) is 5.01. The number of carbonyl (C=O) groups excluding carboxylic acids is 1. The van der Waals surface area contributed by atoms with E-state index in [0.717, 1.165) is 12.8 Å². The fourth-order valence-corrected chi connectivity index (χ4v) is 2.72. The van der Waals surface area contributed by atoms with E-state index < -0.39 is 15.9 Å². The standard InChI is InChI=1S/C9H20N2O3S/c1-3-5-6-11(8-9(10)12)15(13,14)7-4-2/h3-8H2,1-2H3,(H2,10,12). The molecule has 1 amide bonds. The highest BCUT2D eigenvalue weighted by atomic mass is 32.2. The molecule has 15 heavy (non-hydrogen) atoms. The number of rotatable bonds is 8. The molecule has 0 aromatic rings. The normalized spacial score (nSPS) is 11.9. The number of hydrogen-bond acceptors (Lipinski definition) is 3. The van der Waals surface area contributed by atoms with E-state index in [2.05, 4.69) is 0 Å². The lowest BCUT2D eigenvalue weighted by Gasteiger charge is -2.19. The molecule has 0 heterocycles. The molecule has 0 spiro atoms. The second-order valence-corrected chi connectivity index (χ2v) is 5.56. The van der Waals surface area contributed by atoms with Crippen LogP contribution in [0.5, 0.6) is 0 Å². The minimum Gasteiger partial charge on any atom is -0.369 e. The molecule has 0 bridgehead atoms. The molecule has 0 rings (SSSR count). The molecular formula is C9H20N2O3S. The quantitative estimate of drug-likeness (QED) is 0.658. The molecule has 5 nitrogen and oxygen atoms in total. The van der Waals surface area contributed by atoms with Gasteiger partial charge in [0, 0.05) is 6.54 Å². The van der Waals surface area contributed by atoms with Crippen LogP contribution >= 0.6 is 0 Å². The molecule has 0 fully saturated rings. The highest BCUT2D eigenvalue weighted by Crippen LogP contribution is 2.05. The largest absolute Gasteiger partial charge is 0.369 e. The molecule has 0 saturated carbocycles. The van der Waals surface area contributed by atoms with Gasteiger partial charge in [0.1, 0.15) is 0 Å². The predicted molar refractivity (Wildman–Crippen MR) is 59.8 cm³/mol. The van der Waals surface area contributed by atoms with Crippen LogP contribution in [-0.2, 0) is 14.8 Å². The van der Waals surface area contributed by atoms with Gasteiger partial charge in [-0.3, -0.25) is 4.79 Å². The van der Waals surface area contributed by atoms with Crippen molar-refractivity contribution in [2.45, 2.75) is 33.1 Å². The van der Waals surface area contributed by atoms with Gasteiger partial charge in [-0.15, -0.1) is 0 Å². The molecule has 90 valence electrons. The van der Waals surface area contributed by atoms with E-state index in [1.807, 2.05) is 6.92 Å². The van der Waals surface area contributed by atoms with Crippen LogP contribution in [0, 0.1) is 0 Å². The summed E-state index contributed by atoms with van der Waals surface area (Å²) < 4.78 is 24.6. The van der Waals surface area contributed by atoms with Crippen LogP contribution in [0.2, 0.25) is 0 Å².